The van der Waals surface area contributed by atoms with Crippen molar-refractivity contribution in [1.29, 1.82) is 0 Å². The van der Waals surface area contributed by atoms with Crippen molar-refractivity contribution in [3.05, 3.63) is 76.1 Å². The minimum atomic E-state index is -0.551. The maximum absolute atomic E-state index is 13.5. The summed E-state index contributed by atoms with van der Waals surface area (Å²) in [5, 5.41) is 5.46. The normalized spacial score (nSPS) is 14.3. The number of carbonyl (C=O) groups excluding carboxylic acids is 3. The van der Waals surface area contributed by atoms with E-state index in [1.54, 1.807) is 31.4 Å². The summed E-state index contributed by atoms with van der Waals surface area (Å²) in [7, 11) is 2.90. The molecule has 2 heterocycles. The Kier molecular flexibility index (Phi) is 14.5. The molecule has 0 saturated carbocycles. The number of hydrogen-bond acceptors (Lipinski definition) is 10. The molecule has 0 spiro atoms. The Morgan fingerprint density at radius 2 is 1.53 bits per heavy atom. The molecular formula is C33H43Cl2N7O5. The lowest BCUT2D eigenvalue weighted by molar-refractivity contribution is -0.139. The van der Waals surface area contributed by atoms with Gasteiger partial charge < -0.3 is 36.5 Å². The minimum absolute atomic E-state index is 0. The number of amides is 2. The molecule has 1 aliphatic heterocycles. The number of rotatable bonds is 14. The van der Waals surface area contributed by atoms with Crippen LogP contribution in [0.25, 0.3) is 0 Å². The second-order valence-electron chi connectivity index (χ2n) is 11.3. The fraction of sp³-hybridized carbons (Fsp3) is 0.424. The van der Waals surface area contributed by atoms with Crippen molar-refractivity contribution in [2.45, 2.75) is 50.5 Å². The molecule has 1 aromatic heterocycles. The van der Waals surface area contributed by atoms with Crippen LogP contribution in [0.3, 0.4) is 0 Å². The van der Waals surface area contributed by atoms with Crippen LogP contribution in [0.5, 0.6) is 5.75 Å². The highest BCUT2D eigenvalue weighted by molar-refractivity contribution is 6.31. The van der Waals surface area contributed by atoms with Gasteiger partial charge in [-0.15, -0.1) is 12.4 Å². The second kappa shape index (κ2) is 18.3. The van der Waals surface area contributed by atoms with Gasteiger partial charge in [0, 0.05) is 5.56 Å². The molecule has 2 amide bonds. The number of nitrogens with zero attached hydrogens (tertiary/aromatic N) is 3. The van der Waals surface area contributed by atoms with Gasteiger partial charge in [-0.2, -0.15) is 0 Å². The standard InChI is InChI=1S/C33H42ClN7O5.ClH/c1-45-25-13-10-21(11-14-25)22(16-19-41-17-4-3-5-18-41)12-15-26(38-33(44)28-30(35)40-31(36)29(34)39-28)23-6-8-24(9-7-23)32(43)37-20-27(42)46-2;/h6-11,13-14,22,26H,3-5,12,15-20H2,1-2H3,(H,37,43)(H,38,44)(H4,35,36,40);1H. The summed E-state index contributed by atoms with van der Waals surface area (Å²) < 4.78 is 9.97. The summed E-state index contributed by atoms with van der Waals surface area (Å²) >= 11 is 6.06. The van der Waals surface area contributed by atoms with Crippen LogP contribution in [0.1, 0.15) is 82.5 Å². The summed E-state index contributed by atoms with van der Waals surface area (Å²) in [5.41, 5.74) is 13.9. The molecule has 14 heteroatoms. The highest BCUT2D eigenvalue weighted by Gasteiger charge is 2.24. The van der Waals surface area contributed by atoms with Crippen molar-refractivity contribution >= 4 is 53.4 Å². The summed E-state index contributed by atoms with van der Waals surface area (Å²) in [4.78, 5) is 48.0. The van der Waals surface area contributed by atoms with Gasteiger partial charge in [0.05, 0.1) is 20.3 Å². The maximum atomic E-state index is 13.5. The van der Waals surface area contributed by atoms with E-state index in [1.165, 1.54) is 31.9 Å². The van der Waals surface area contributed by atoms with Gasteiger partial charge in [-0.3, -0.25) is 14.4 Å². The van der Waals surface area contributed by atoms with Crippen molar-refractivity contribution in [1.82, 2.24) is 25.5 Å². The zero-order chi connectivity index (χ0) is 33.1. The molecule has 47 heavy (non-hydrogen) atoms. The molecular weight excluding hydrogens is 645 g/mol. The number of benzene rings is 2. The fourth-order valence-electron chi connectivity index (χ4n) is 5.59. The lowest BCUT2D eigenvalue weighted by atomic mass is 9.87. The van der Waals surface area contributed by atoms with Gasteiger partial charge in [0.1, 0.15) is 12.3 Å². The number of aromatic nitrogens is 2. The molecule has 2 atom stereocenters. The molecule has 0 bridgehead atoms. The van der Waals surface area contributed by atoms with E-state index in [4.69, 9.17) is 27.8 Å². The van der Waals surface area contributed by atoms with Crippen LogP contribution in [0.15, 0.2) is 48.5 Å². The van der Waals surface area contributed by atoms with Crippen LogP contribution in [-0.4, -0.2) is 73.1 Å². The lowest BCUT2D eigenvalue weighted by Gasteiger charge is -2.29. The quantitative estimate of drug-likeness (QED) is 0.176. The van der Waals surface area contributed by atoms with Crippen molar-refractivity contribution in [2.24, 2.45) is 0 Å². The number of ether oxygens (including phenoxy) is 2. The van der Waals surface area contributed by atoms with Gasteiger partial charge in [0.2, 0.25) is 0 Å². The minimum Gasteiger partial charge on any atom is -0.497 e. The first-order chi connectivity index (χ1) is 22.2. The smallest absolute Gasteiger partial charge is 0.325 e. The third-order valence-corrected chi connectivity index (χ3v) is 8.53. The van der Waals surface area contributed by atoms with Gasteiger partial charge in [-0.1, -0.05) is 42.3 Å². The monoisotopic (exact) mass is 687 g/mol. The summed E-state index contributed by atoms with van der Waals surface area (Å²) in [5.74, 6) is -0.713. The van der Waals surface area contributed by atoms with E-state index in [9.17, 15) is 14.4 Å². The largest absolute Gasteiger partial charge is 0.497 e. The Bertz CT molecular complexity index is 1490. The molecule has 0 aliphatic carbocycles. The number of nitrogens with one attached hydrogen (secondary N) is 2. The van der Waals surface area contributed by atoms with Crippen molar-refractivity contribution in [3.63, 3.8) is 0 Å². The molecule has 1 aliphatic rings. The molecule has 0 radical (unpaired) electrons. The van der Waals surface area contributed by atoms with E-state index >= 15 is 0 Å². The van der Waals surface area contributed by atoms with Crippen LogP contribution in [0, 0.1) is 0 Å². The predicted molar refractivity (Wildman–Crippen MR) is 184 cm³/mol. The van der Waals surface area contributed by atoms with E-state index in [0.717, 1.165) is 43.8 Å². The first kappa shape index (κ1) is 37.3. The number of halogens is 2. The van der Waals surface area contributed by atoms with Gasteiger partial charge in [-0.05, 0) is 93.0 Å². The number of likely N-dealkylation sites (tertiary alicyclic amines) is 1. The number of esters is 1. The number of carbonyl (C=O) groups is 3. The van der Waals surface area contributed by atoms with Crippen LogP contribution in [0.2, 0.25) is 5.15 Å². The third-order valence-electron chi connectivity index (χ3n) is 8.25. The first-order valence-corrected chi connectivity index (χ1v) is 15.8. The van der Waals surface area contributed by atoms with Crippen molar-refractivity contribution < 1.29 is 23.9 Å². The topological polar surface area (TPSA) is 175 Å². The van der Waals surface area contributed by atoms with Crippen molar-refractivity contribution in [3.8, 4) is 5.75 Å². The van der Waals surface area contributed by atoms with Gasteiger partial charge >= 0.3 is 5.97 Å². The molecule has 254 valence electrons. The fourth-order valence-corrected chi connectivity index (χ4v) is 5.72. The average Bonchev–Trinajstić information content (AvgIpc) is 3.08. The molecule has 6 N–H and O–H groups in total. The van der Waals surface area contributed by atoms with Crippen LogP contribution >= 0.6 is 24.0 Å². The lowest BCUT2D eigenvalue weighted by Crippen LogP contribution is -2.32. The number of methoxy groups -OCH3 is 2. The highest BCUT2D eigenvalue weighted by Crippen LogP contribution is 2.32. The highest BCUT2D eigenvalue weighted by atomic mass is 35.5. The van der Waals surface area contributed by atoms with Crippen LogP contribution < -0.4 is 26.8 Å². The third kappa shape index (κ3) is 10.7. The van der Waals surface area contributed by atoms with Gasteiger partial charge in [-0.25, -0.2) is 9.97 Å². The molecule has 3 aromatic rings. The summed E-state index contributed by atoms with van der Waals surface area (Å²) in [6.07, 6.45) is 6.01. The Labute approximate surface area is 286 Å². The zero-order valence-corrected chi connectivity index (χ0v) is 28.2. The van der Waals surface area contributed by atoms with E-state index in [1.807, 2.05) is 12.1 Å². The second-order valence-corrected chi connectivity index (χ2v) is 11.6. The SMILES string of the molecule is COC(=O)CNC(=O)c1ccc(C(CCC(CCN2CCCCC2)c2ccc(OC)cc2)NC(=O)c2nc(Cl)c(N)nc2N)cc1.Cl. The number of hydrogen-bond donors (Lipinski definition) is 4. The zero-order valence-electron chi connectivity index (χ0n) is 26.7. The number of nitrogen functional groups attached to an aromatic ring is 2. The van der Waals surface area contributed by atoms with E-state index in [-0.39, 0.29) is 47.4 Å². The molecule has 2 aromatic carbocycles. The Morgan fingerprint density at radius 1 is 0.872 bits per heavy atom. The van der Waals surface area contributed by atoms with Crippen molar-refractivity contribution in [2.75, 3.05) is 51.9 Å². The molecule has 1 fully saturated rings. The van der Waals surface area contributed by atoms with Crippen LogP contribution in [0.4, 0.5) is 11.6 Å². The Balaban J connectivity index is 0.00000600. The van der Waals surface area contributed by atoms with E-state index in [0.29, 0.717) is 12.0 Å². The number of anilines is 2. The van der Waals surface area contributed by atoms with Gasteiger partial charge in [0.25, 0.3) is 11.8 Å². The molecule has 12 nitrogen and oxygen atoms in total. The summed E-state index contributed by atoms with van der Waals surface area (Å²) in [6, 6.07) is 14.5. The maximum Gasteiger partial charge on any atom is 0.325 e. The Morgan fingerprint density at radius 3 is 2.17 bits per heavy atom. The number of piperidine rings is 1. The average molecular weight is 689 g/mol. The van der Waals surface area contributed by atoms with E-state index in [2.05, 4.69) is 42.4 Å². The van der Waals surface area contributed by atoms with Crippen LogP contribution in [-0.2, 0) is 9.53 Å². The first-order valence-electron chi connectivity index (χ1n) is 15.4. The summed E-state index contributed by atoms with van der Waals surface area (Å²) in [6.45, 7) is 2.96. The molecule has 4 rings (SSSR count). The van der Waals surface area contributed by atoms with E-state index < -0.39 is 23.8 Å². The molecule has 2 unspecified atom stereocenters. The number of nitrogens with two attached hydrogens (primary N) is 2. The Hall–Kier alpha value is -4.13. The predicted octanol–water partition coefficient (Wildman–Crippen LogP) is 4.54. The molecule has 1 saturated heterocycles. The van der Waals surface area contributed by atoms with Gasteiger partial charge in [0.15, 0.2) is 22.5 Å².